The molecule has 1 atom stereocenters. The molecule has 0 heterocycles. The Kier molecular flexibility index (Phi) is 4.53. The van der Waals surface area contributed by atoms with Crippen LogP contribution in [0.15, 0.2) is 11.6 Å². The van der Waals surface area contributed by atoms with E-state index in [4.69, 9.17) is 4.43 Å². The maximum atomic E-state index is 11.9. The molecule has 0 amide bonds. The van der Waals surface area contributed by atoms with Gasteiger partial charge >= 0.3 is 0 Å². The Labute approximate surface area is 119 Å². The molecule has 1 rings (SSSR count). The fraction of sp³-hybridized carbons (Fsp3) is 0.812. The molecule has 110 valence electrons. The Morgan fingerprint density at radius 3 is 2.16 bits per heavy atom. The maximum Gasteiger partial charge on any atom is 0.192 e. The molecule has 19 heavy (non-hydrogen) atoms. The van der Waals surface area contributed by atoms with Gasteiger partial charge in [0.15, 0.2) is 14.1 Å². The quantitative estimate of drug-likeness (QED) is 0.701. The Bertz CT molecular complexity index is 386. The molecule has 2 nitrogen and oxygen atoms in total. The van der Waals surface area contributed by atoms with Crippen molar-refractivity contribution in [1.82, 2.24) is 0 Å². The van der Waals surface area contributed by atoms with Crippen LogP contribution < -0.4 is 0 Å². The lowest BCUT2D eigenvalue weighted by Gasteiger charge is -2.46. The Morgan fingerprint density at radius 2 is 1.74 bits per heavy atom. The standard InChI is InChI=1S/C16H30O2Si/c1-12-9-10-13(11-14(12)17)16(5,6)18-19(7,8)15(2,3)4/h9,13H,10-11H2,1-8H3. The average molecular weight is 282 g/mol. The van der Waals surface area contributed by atoms with Crippen LogP contribution in [0.25, 0.3) is 0 Å². The summed E-state index contributed by atoms with van der Waals surface area (Å²) >= 11 is 0. The number of carbonyl (C=O) groups excluding carboxylic acids is 1. The van der Waals surface area contributed by atoms with Crippen molar-refractivity contribution < 1.29 is 9.22 Å². The smallest absolute Gasteiger partial charge is 0.192 e. The molecule has 3 heteroatoms. The van der Waals surface area contributed by atoms with Crippen LogP contribution in [0.4, 0.5) is 0 Å². The first-order valence-electron chi connectivity index (χ1n) is 7.27. The van der Waals surface area contributed by atoms with Gasteiger partial charge < -0.3 is 4.43 Å². The molecule has 0 fully saturated rings. The van der Waals surface area contributed by atoms with Gasteiger partial charge in [-0.15, -0.1) is 0 Å². The van der Waals surface area contributed by atoms with Gasteiger partial charge in [-0.2, -0.15) is 0 Å². The van der Waals surface area contributed by atoms with E-state index in [-0.39, 0.29) is 16.4 Å². The summed E-state index contributed by atoms with van der Waals surface area (Å²) in [6.07, 6.45) is 3.66. The van der Waals surface area contributed by atoms with Crippen LogP contribution in [-0.4, -0.2) is 19.7 Å². The van der Waals surface area contributed by atoms with Crippen LogP contribution in [-0.2, 0) is 9.22 Å². The Balaban J connectivity index is 2.86. The van der Waals surface area contributed by atoms with E-state index < -0.39 is 8.32 Å². The topological polar surface area (TPSA) is 26.3 Å². The van der Waals surface area contributed by atoms with Gasteiger partial charge in [-0.1, -0.05) is 26.8 Å². The molecule has 0 saturated carbocycles. The van der Waals surface area contributed by atoms with Crippen LogP contribution in [0.2, 0.25) is 18.1 Å². The summed E-state index contributed by atoms with van der Waals surface area (Å²) in [5.41, 5.74) is 0.690. The second-order valence-electron chi connectivity index (χ2n) is 7.91. The zero-order valence-electron chi connectivity index (χ0n) is 13.9. The van der Waals surface area contributed by atoms with Gasteiger partial charge in [0.2, 0.25) is 0 Å². The first-order chi connectivity index (χ1) is 8.37. The molecule has 0 aromatic heterocycles. The molecule has 0 aromatic carbocycles. The second-order valence-corrected chi connectivity index (χ2v) is 12.6. The van der Waals surface area contributed by atoms with Gasteiger partial charge in [-0.3, -0.25) is 4.79 Å². The molecule has 1 aliphatic carbocycles. The second kappa shape index (κ2) is 5.17. The molecule has 0 aromatic rings. The lowest BCUT2D eigenvalue weighted by Crippen LogP contribution is -2.51. The molecule has 0 bridgehead atoms. The highest BCUT2D eigenvalue weighted by Crippen LogP contribution is 2.42. The van der Waals surface area contributed by atoms with E-state index in [2.05, 4.69) is 53.8 Å². The maximum absolute atomic E-state index is 11.9. The van der Waals surface area contributed by atoms with E-state index in [1.54, 1.807) is 0 Å². The predicted octanol–water partition coefficient (Wildman–Crippen LogP) is 4.71. The summed E-state index contributed by atoms with van der Waals surface area (Å²) in [6.45, 7) is 17.5. The Hall–Kier alpha value is -0.413. The largest absolute Gasteiger partial charge is 0.412 e. The van der Waals surface area contributed by atoms with Gasteiger partial charge in [-0.25, -0.2) is 0 Å². The van der Waals surface area contributed by atoms with Gasteiger partial charge in [-0.05, 0) is 56.8 Å². The Morgan fingerprint density at radius 1 is 1.21 bits per heavy atom. The van der Waals surface area contributed by atoms with Crippen LogP contribution in [0.5, 0.6) is 0 Å². The number of Topliss-reactive ketones (excluding diaryl/α,β-unsaturated/α-hetero) is 1. The first kappa shape index (κ1) is 16.6. The summed E-state index contributed by atoms with van der Waals surface area (Å²) in [6, 6.07) is 0. The van der Waals surface area contributed by atoms with E-state index in [0.717, 1.165) is 12.0 Å². The molecule has 0 saturated heterocycles. The third-order valence-corrected chi connectivity index (χ3v) is 9.54. The SMILES string of the molecule is CC1=CCC(C(C)(C)O[Si](C)(C)C(C)(C)C)CC1=O. The van der Waals surface area contributed by atoms with Crippen molar-refractivity contribution in [3.8, 4) is 0 Å². The van der Waals surface area contributed by atoms with Crippen molar-refractivity contribution in [3.05, 3.63) is 11.6 Å². The lowest BCUT2D eigenvalue weighted by atomic mass is 9.79. The minimum Gasteiger partial charge on any atom is -0.412 e. The summed E-state index contributed by atoms with van der Waals surface area (Å²) in [7, 11) is -1.80. The first-order valence-corrected chi connectivity index (χ1v) is 10.2. The third kappa shape index (κ3) is 3.79. The van der Waals surface area contributed by atoms with E-state index in [0.29, 0.717) is 12.3 Å². The van der Waals surface area contributed by atoms with Crippen molar-refractivity contribution in [3.63, 3.8) is 0 Å². The van der Waals surface area contributed by atoms with Crippen LogP contribution in [0.1, 0.15) is 54.4 Å². The minimum absolute atomic E-state index is 0.203. The van der Waals surface area contributed by atoms with Crippen LogP contribution in [0, 0.1) is 5.92 Å². The van der Waals surface area contributed by atoms with E-state index in [1.807, 2.05) is 6.92 Å². The van der Waals surface area contributed by atoms with Gasteiger partial charge in [0.05, 0.1) is 5.60 Å². The van der Waals surface area contributed by atoms with Crippen molar-refractivity contribution in [2.45, 2.75) is 78.1 Å². The predicted molar refractivity (Wildman–Crippen MR) is 83.8 cm³/mol. The highest BCUT2D eigenvalue weighted by Gasteiger charge is 2.44. The third-order valence-electron chi connectivity index (χ3n) is 4.89. The molecular formula is C16H30O2Si. The molecule has 0 radical (unpaired) electrons. The summed E-state index contributed by atoms with van der Waals surface area (Å²) in [5, 5.41) is 0.203. The lowest BCUT2D eigenvalue weighted by molar-refractivity contribution is -0.119. The van der Waals surface area contributed by atoms with Gasteiger partial charge in [0.25, 0.3) is 0 Å². The minimum atomic E-state index is -1.80. The molecule has 0 aliphatic heterocycles. The fourth-order valence-electron chi connectivity index (χ4n) is 2.32. The highest BCUT2D eigenvalue weighted by atomic mass is 28.4. The van der Waals surface area contributed by atoms with Gasteiger partial charge in [0, 0.05) is 6.42 Å². The molecule has 1 aliphatic rings. The van der Waals surface area contributed by atoms with Crippen LogP contribution in [0.3, 0.4) is 0 Å². The monoisotopic (exact) mass is 282 g/mol. The van der Waals surface area contributed by atoms with E-state index in [1.165, 1.54) is 0 Å². The average Bonchev–Trinajstić information content (AvgIpc) is 2.18. The summed E-state index contributed by atoms with van der Waals surface area (Å²) in [5.74, 6) is 0.584. The van der Waals surface area contributed by atoms with Crippen molar-refractivity contribution in [2.24, 2.45) is 5.92 Å². The number of carbonyl (C=O) groups is 1. The van der Waals surface area contributed by atoms with Gasteiger partial charge in [0.1, 0.15) is 0 Å². The molecule has 0 spiro atoms. The number of ketones is 1. The van der Waals surface area contributed by atoms with E-state index in [9.17, 15) is 4.79 Å². The number of allylic oxidation sites excluding steroid dienone is 2. The zero-order valence-corrected chi connectivity index (χ0v) is 14.9. The van der Waals surface area contributed by atoms with Crippen molar-refractivity contribution in [1.29, 1.82) is 0 Å². The summed E-state index contributed by atoms with van der Waals surface area (Å²) in [4.78, 5) is 11.9. The molecule has 1 unspecified atom stereocenters. The number of hydrogen-bond acceptors (Lipinski definition) is 2. The molecule has 0 N–H and O–H groups in total. The fourth-order valence-corrected chi connectivity index (χ4v) is 4.11. The number of rotatable bonds is 3. The number of hydrogen-bond donors (Lipinski definition) is 0. The van der Waals surface area contributed by atoms with Crippen molar-refractivity contribution >= 4 is 14.1 Å². The summed E-state index contributed by atoms with van der Waals surface area (Å²) < 4.78 is 6.57. The van der Waals surface area contributed by atoms with Crippen molar-refractivity contribution in [2.75, 3.05) is 0 Å². The highest BCUT2D eigenvalue weighted by molar-refractivity contribution is 6.74. The zero-order chi connectivity index (χ0) is 15.1. The normalized spacial score (nSPS) is 22.4. The van der Waals surface area contributed by atoms with E-state index >= 15 is 0 Å². The molecular weight excluding hydrogens is 252 g/mol. The van der Waals surface area contributed by atoms with Crippen LogP contribution >= 0.6 is 0 Å².